The number of ether oxygens (including phenoxy) is 1. The van der Waals surface area contributed by atoms with Crippen LogP contribution in [0.2, 0.25) is 0 Å². The van der Waals surface area contributed by atoms with Gasteiger partial charge in [-0.15, -0.1) is 0 Å². The molecule has 0 aromatic heterocycles. The number of carbonyl (C=O) groups is 3. The Morgan fingerprint density at radius 3 is 2.25 bits per heavy atom. The first-order valence-corrected chi connectivity index (χ1v) is 8.67. The van der Waals surface area contributed by atoms with E-state index in [9.17, 15) is 14.4 Å². The summed E-state index contributed by atoms with van der Waals surface area (Å²) >= 11 is 0. The zero-order chi connectivity index (χ0) is 20.7. The van der Waals surface area contributed by atoms with Gasteiger partial charge in [0.25, 0.3) is 5.91 Å². The topological polar surface area (TPSA) is 127 Å². The number of nitriles is 2. The summed E-state index contributed by atoms with van der Waals surface area (Å²) in [6.45, 7) is 1.39. The number of benzene rings is 1. The van der Waals surface area contributed by atoms with Gasteiger partial charge >= 0.3 is 6.03 Å². The van der Waals surface area contributed by atoms with Crippen molar-refractivity contribution >= 4 is 17.8 Å². The van der Waals surface area contributed by atoms with E-state index in [0.717, 1.165) is 4.90 Å². The molecule has 0 radical (unpaired) electrons. The van der Waals surface area contributed by atoms with Crippen LogP contribution in [0, 0.1) is 22.7 Å². The molecular formula is C19H21N5O4. The largest absolute Gasteiger partial charge is 0.497 e. The van der Waals surface area contributed by atoms with Crippen LogP contribution in [0.25, 0.3) is 0 Å². The number of nitrogens with zero attached hydrogens (tertiary/aromatic N) is 4. The van der Waals surface area contributed by atoms with E-state index >= 15 is 0 Å². The van der Waals surface area contributed by atoms with Crippen LogP contribution in [-0.2, 0) is 15.1 Å². The van der Waals surface area contributed by atoms with E-state index in [-0.39, 0.29) is 25.9 Å². The van der Waals surface area contributed by atoms with E-state index < -0.39 is 29.9 Å². The zero-order valence-electron chi connectivity index (χ0n) is 15.8. The molecule has 9 nitrogen and oxygen atoms in total. The minimum atomic E-state index is -1.30. The molecule has 1 N–H and O–H groups in total. The van der Waals surface area contributed by atoms with E-state index in [2.05, 4.69) is 5.32 Å². The first-order valence-electron chi connectivity index (χ1n) is 8.67. The van der Waals surface area contributed by atoms with E-state index in [1.54, 1.807) is 31.2 Å². The zero-order valence-corrected chi connectivity index (χ0v) is 15.8. The van der Waals surface area contributed by atoms with Gasteiger partial charge < -0.3 is 15.0 Å². The molecule has 0 bridgehead atoms. The molecule has 1 aromatic rings. The second kappa shape index (κ2) is 8.87. The molecule has 0 spiro atoms. The van der Waals surface area contributed by atoms with Crippen molar-refractivity contribution in [3.8, 4) is 17.9 Å². The maximum Gasteiger partial charge on any atom is 0.325 e. The third-order valence-electron chi connectivity index (χ3n) is 4.58. The third-order valence-corrected chi connectivity index (χ3v) is 4.58. The van der Waals surface area contributed by atoms with Crippen molar-refractivity contribution in [3.63, 3.8) is 0 Å². The van der Waals surface area contributed by atoms with Gasteiger partial charge in [0.05, 0.1) is 32.1 Å². The second-order valence-corrected chi connectivity index (χ2v) is 6.37. The quantitative estimate of drug-likeness (QED) is 0.670. The molecule has 0 aliphatic carbocycles. The summed E-state index contributed by atoms with van der Waals surface area (Å²) in [5, 5.41) is 20.1. The first-order chi connectivity index (χ1) is 13.4. The molecule has 9 heteroatoms. The molecular weight excluding hydrogens is 362 g/mol. The molecule has 1 unspecified atom stereocenters. The van der Waals surface area contributed by atoms with Crippen LogP contribution >= 0.6 is 0 Å². The van der Waals surface area contributed by atoms with Crippen molar-refractivity contribution in [3.05, 3.63) is 29.8 Å². The van der Waals surface area contributed by atoms with Gasteiger partial charge in [-0.3, -0.25) is 14.5 Å². The Morgan fingerprint density at radius 1 is 1.18 bits per heavy atom. The normalized spacial score (nSPS) is 18.2. The van der Waals surface area contributed by atoms with E-state index in [1.807, 2.05) is 12.1 Å². The minimum Gasteiger partial charge on any atom is -0.497 e. The number of methoxy groups -OCH3 is 1. The first kappa shape index (κ1) is 20.7. The van der Waals surface area contributed by atoms with Gasteiger partial charge in [0, 0.05) is 13.1 Å². The maximum atomic E-state index is 12.9. The molecule has 1 aliphatic heterocycles. The van der Waals surface area contributed by atoms with Gasteiger partial charge in [-0.05, 0) is 24.6 Å². The summed E-state index contributed by atoms with van der Waals surface area (Å²) in [7, 11) is 1.52. The summed E-state index contributed by atoms with van der Waals surface area (Å²) in [4.78, 5) is 40.0. The Labute approximate surface area is 163 Å². The van der Waals surface area contributed by atoms with Crippen LogP contribution in [0.1, 0.15) is 25.3 Å². The highest BCUT2D eigenvalue weighted by atomic mass is 16.5. The molecule has 146 valence electrons. The fourth-order valence-corrected chi connectivity index (χ4v) is 2.93. The number of nitrogens with one attached hydrogen (secondary N) is 1. The number of amides is 4. The number of hydrogen-bond donors (Lipinski definition) is 1. The summed E-state index contributed by atoms with van der Waals surface area (Å²) in [6, 6.07) is 9.92. The Bertz CT molecular complexity index is 821. The maximum absolute atomic E-state index is 12.9. The van der Waals surface area contributed by atoms with Gasteiger partial charge in [-0.25, -0.2) is 4.79 Å². The highest BCUT2D eigenvalue weighted by molar-refractivity contribution is 6.09. The number of hydrogen-bond acceptors (Lipinski definition) is 6. The van der Waals surface area contributed by atoms with Gasteiger partial charge in [0.2, 0.25) is 5.91 Å². The van der Waals surface area contributed by atoms with Crippen molar-refractivity contribution in [1.82, 2.24) is 15.1 Å². The molecule has 0 saturated carbocycles. The van der Waals surface area contributed by atoms with Crippen molar-refractivity contribution in [1.29, 1.82) is 10.5 Å². The van der Waals surface area contributed by atoms with Gasteiger partial charge in [0.15, 0.2) is 0 Å². The molecule has 1 heterocycles. The van der Waals surface area contributed by atoms with Crippen LogP contribution in [0.15, 0.2) is 24.3 Å². The van der Waals surface area contributed by atoms with Crippen LogP contribution < -0.4 is 10.1 Å². The number of carbonyl (C=O) groups excluding carboxylic acids is 3. The Morgan fingerprint density at radius 2 is 1.75 bits per heavy atom. The molecule has 1 fully saturated rings. The van der Waals surface area contributed by atoms with Crippen LogP contribution in [0.4, 0.5) is 4.79 Å². The van der Waals surface area contributed by atoms with Crippen molar-refractivity contribution in [2.75, 3.05) is 26.7 Å². The standard InChI is InChI=1S/C19H21N5O4/c1-19(14-5-7-15(28-2)8-6-14)17(26)24(18(27)22-19)13-16(25)23(11-3-9-20)12-4-10-21/h5-8H,3-4,11-13H2,1-2H3,(H,22,27). The van der Waals surface area contributed by atoms with Crippen molar-refractivity contribution in [2.45, 2.75) is 25.3 Å². The highest BCUT2D eigenvalue weighted by Crippen LogP contribution is 2.30. The fourth-order valence-electron chi connectivity index (χ4n) is 2.93. The number of urea groups is 1. The van der Waals surface area contributed by atoms with Crippen LogP contribution in [0.3, 0.4) is 0 Å². The average Bonchev–Trinajstić information content (AvgIpc) is 2.92. The molecule has 1 atom stereocenters. The summed E-state index contributed by atoms with van der Waals surface area (Å²) in [5.41, 5.74) is -0.735. The van der Waals surface area contributed by atoms with E-state index in [4.69, 9.17) is 15.3 Å². The minimum absolute atomic E-state index is 0.0981. The highest BCUT2D eigenvalue weighted by Gasteiger charge is 2.49. The lowest BCUT2D eigenvalue weighted by atomic mass is 9.92. The monoisotopic (exact) mass is 383 g/mol. The molecule has 28 heavy (non-hydrogen) atoms. The Kier molecular flexibility index (Phi) is 6.56. The second-order valence-electron chi connectivity index (χ2n) is 6.37. The number of imide groups is 1. The Balaban J connectivity index is 2.16. The third kappa shape index (κ3) is 4.21. The molecule has 4 amide bonds. The Hall–Kier alpha value is -3.59. The summed E-state index contributed by atoms with van der Waals surface area (Å²) in [6.07, 6.45) is 0.196. The van der Waals surface area contributed by atoms with Crippen molar-refractivity contribution in [2.24, 2.45) is 0 Å². The molecule has 1 saturated heterocycles. The van der Waals surface area contributed by atoms with Crippen molar-refractivity contribution < 1.29 is 19.1 Å². The van der Waals surface area contributed by atoms with Crippen LogP contribution in [0.5, 0.6) is 5.75 Å². The summed E-state index contributed by atoms with van der Waals surface area (Å²) in [5.74, 6) is -0.425. The fraction of sp³-hybridized carbons (Fsp3) is 0.421. The van der Waals surface area contributed by atoms with E-state index in [1.165, 1.54) is 12.0 Å². The predicted molar refractivity (Wildman–Crippen MR) is 97.6 cm³/mol. The lowest BCUT2D eigenvalue weighted by molar-refractivity contribution is -0.138. The molecule has 2 rings (SSSR count). The van der Waals surface area contributed by atoms with Gasteiger partial charge in [0.1, 0.15) is 17.8 Å². The molecule has 1 aliphatic rings. The van der Waals surface area contributed by atoms with Crippen LogP contribution in [-0.4, -0.2) is 54.4 Å². The smallest absolute Gasteiger partial charge is 0.325 e. The van der Waals surface area contributed by atoms with E-state index in [0.29, 0.717) is 11.3 Å². The average molecular weight is 383 g/mol. The lowest BCUT2D eigenvalue weighted by Crippen LogP contribution is -2.45. The molecule has 1 aromatic carbocycles. The lowest BCUT2D eigenvalue weighted by Gasteiger charge is -2.24. The SMILES string of the molecule is COc1ccc(C2(C)NC(=O)N(CC(=O)N(CCC#N)CCC#N)C2=O)cc1. The summed E-state index contributed by atoms with van der Waals surface area (Å²) < 4.78 is 5.10. The number of rotatable bonds is 8. The van der Waals surface area contributed by atoms with Gasteiger partial charge in [-0.1, -0.05) is 12.1 Å². The van der Waals surface area contributed by atoms with Gasteiger partial charge in [-0.2, -0.15) is 10.5 Å². The predicted octanol–water partition coefficient (Wildman–Crippen LogP) is 1.12.